The molecule has 0 heterocycles. The van der Waals surface area contributed by atoms with Crippen molar-refractivity contribution in [3.8, 4) is 0 Å². The summed E-state index contributed by atoms with van der Waals surface area (Å²) in [6.45, 7) is 0. The predicted octanol–water partition coefficient (Wildman–Crippen LogP) is 0.222. The van der Waals surface area contributed by atoms with Gasteiger partial charge in [0.1, 0.15) is 0 Å². The first kappa shape index (κ1) is 1.58. The Morgan fingerprint density at radius 1 is 2.25 bits per heavy atom. The van der Waals surface area contributed by atoms with Gasteiger partial charge in [0, 0.05) is 0 Å². The zero-order valence-electron chi connectivity index (χ0n) is 2.76. The van der Waals surface area contributed by atoms with Crippen LogP contribution in [0.25, 0.3) is 1.43 Å². The van der Waals surface area contributed by atoms with Crippen molar-refractivity contribution in [2.75, 3.05) is 0 Å². The summed E-state index contributed by atoms with van der Waals surface area (Å²) in [7, 11) is 0. The normalized spacial score (nSPS) is 8.50. The predicted molar refractivity (Wildman–Crippen MR) is 10.7 cm³/mol. The zero-order valence-corrected chi connectivity index (χ0v) is 1.76. The van der Waals surface area contributed by atoms with Crippen LogP contribution in [-0.2, 0) is 0 Å². The van der Waals surface area contributed by atoms with Crippen molar-refractivity contribution in [3.63, 3.8) is 0 Å². The minimum atomic E-state index is -1.58. The molecule has 0 rings (SSSR count). The maximum Gasteiger partial charge on any atom is 0.503 e. The van der Waals surface area contributed by atoms with E-state index in [-0.39, 0.29) is 0 Å². The smallest absolute Gasteiger partial charge is 0.450 e. The molecule has 0 radical (unpaired) electrons. The highest BCUT2D eigenvalue weighted by Crippen LogP contribution is 1.42. The molecule has 4 heavy (non-hydrogen) atoms. The lowest BCUT2D eigenvalue weighted by Gasteiger charge is -1.60. The first-order valence-electron chi connectivity index (χ1n) is 1.04. The molecule has 0 saturated heterocycles. The molecule has 0 aromatic carbocycles. The number of hydrogen-bond acceptors (Lipinski definition) is 2. The Hall–Kier alpha value is -0.730. The average molecular weight is 63.0 g/mol. The van der Waals surface area contributed by atoms with Crippen LogP contribution in [0.15, 0.2) is 0 Å². The van der Waals surface area contributed by atoms with Crippen LogP contribution in [0.3, 0.4) is 0 Å². The molecule has 0 aromatic heterocycles. The molecule has 0 aliphatic rings. The van der Waals surface area contributed by atoms with Gasteiger partial charge < -0.3 is 10.2 Å². The summed E-state index contributed by atoms with van der Waals surface area (Å²) >= 11 is 0. The zero-order chi connectivity index (χ0) is 4.28. The Morgan fingerprint density at radius 2 is 2.50 bits per heavy atom. The van der Waals surface area contributed by atoms with Gasteiger partial charge in [-0.05, 0) is 0 Å². The van der Waals surface area contributed by atoms with Crippen LogP contribution >= 0.6 is 0 Å². The summed E-state index contributed by atoms with van der Waals surface area (Å²) in [5, 5.41) is 10.2. The van der Waals surface area contributed by atoms with Gasteiger partial charge in [-0.2, -0.15) is 0 Å². The second-order valence-corrected chi connectivity index (χ2v) is 0.266. The molecule has 3 heteroatoms. The van der Waals surface area contributed by atoms with Gasteiger partial charge in [-0.3, -0.25) is 0 Å². The third kappa shape index (κ3) is 0.174. The topological polar surface area (TPSA) is 57.5 Å². The van der Waals surface area contributed by atoms with Crippen LogP contribution in [0, 0.1) is 0 Å². The van der Waals surface area contributed by atoms with E-state index in [0.717, 1.165) is 0 Å². The standard InChI is InChI=1S/CH2O3/c2-1(3)4/h(H2,2,3,4)/i/hD. The van der Waals surface area contributed by atoms with E-state index in [2.05, 4.69) is 5.11 Å². The molecule has 2 N–H and O–H groups in total. The second-order valence-electron chi connectivity index (χ2n) is 0.266. The van der Waals surface area contributed by atoms with Gasteiger partial charge in [-0.15, -0.1) is 0 Å². The molecular formula is CH2O3. The van der Waals surface area contributed by atoms with Gasteiger partial charge in [-0.1, -0.05) is 0 Å². The van der Waals surface area contributed by atoms with Gasteiger partial charge in [-0.25, -0.2) is 4.79 Å². The first-order chi connectivity index (χ1) is 2.27. The van der Waals surface area contributed by atoms with Crippen molar-refractivity contribution >= 4 is 6.16 Å². The van der Waals surface area contributed by atoms with E-state index in [9.17, 15) is 0 Å². The molecule has 0 unspecified atom stereocenters. The Labute approximate surface area is 24.0 Å². The number of rotatable bonds is 0. The van der Waals surface area contributed by atoms with Crippen LogP contribution in [0.4, 0.5) is 4.79 Å². The molecule has 0 aliphatic heterocycles. The summed E-state index contributed by atoms with van der Waals surface area (Å²) in [6, 6.07) is 0. The Morgan fingerprint density at radius 3 is 2.50 bits per heavy atom. The van der Waals surface area contributed by atoms with E-state index in [1.165, 1.54) is 0 Å². The highest BCUT2D eigenvalue weighted by molar-refractivity contribution is 5.53. The highest BCUT2D eigenvalue weighted by atomic mass is 16.6. The Bertz CT molecular complexity index is 42.2. The lowest BCUT2D eigenvalue weighted by atomic mass is 11.5. The molecule has 0 bridgehead atoms. The third-order valence-electron chi connectivity index (χ3n) is 0. The van der Waals surface area contributed by atoms with Crippen molar-refractivity contribution in [2.45, 2.75) is 0 Å². The van der Waals surface area contributed by atoms with Gasteiger partial charge >= 0.3 is 7.59 Å². The van der Waals surface area contributed by atoms with E-state index in [4.69, 9.17) is 11.3 Å². The average Bonchev–Trinajstić information content (AvgIpc) is 1.38. The van der Waals surface area contributed by atoms with E-state index in [1.54, 1.807) is 0 Å². The van der Waals surface area contributed by atoms with Crippen LogP contribution < -0.4 is 0 Å². The van der Waals surface area contributed by atoms with Crippen molar-refractivity contribution in [2.24, 2.45) is 0 Å². The van der Waals surface area contributed by atoms with Crippen LogP contribution in [0.1, 0.15) is 0 Å². The molecule has 0 aliphatic carbocycles. The summed E-state index contributed by atoms with van der Waals surface area (Å²) in [5.74, 6) is 0. The van der Waals surface area contributed by atoms with E-state index in [0.29, 0.717) is 0 Å². The molecule has 0 aromatic rings. The van der Waals surface area contributed by atoms with Crippen molar-refractivity contribution in [1.82, 2.24) is 0 Å². The van der Waals surface area contributed by atoms with Crippen LogP contribution in [0.5, 0.6) is 0 Å². The largest absolute Gasteiger partial charge is 0.503 e. The quantitative estimate of drug-likeness (QED) is 0.423. The maximum atomic E-state index is 8.96. The van der Waals surface area contributed by atoms with Gasteiger partial charge in [0.05, 0.1) is 0 Å². The van der Waals surface area contributed by atoms with E-state index >= 15 is 0 Å². The van der Waals surface area contributed by atoms with Crippen LogP contribution in [-0.4, -0.2) is 16.4 Å². The molecule has 0 fully saturated rings. The Kier molecular flexibility index (Phi) is 0.280. The number of hydrogen-bond donors (Lipinski definition) is 2. The van der Waals surface area contributed by atoms with Gasteiger partial charge in [0.25, 0.3) is 0 Å². The van der Waals surface area contributed by atoms with Crippen molar-refractivity contribution in [1.29, 1.82) is 1.43 Å². The number of carboxylic acid groups (broad SMARTS) is 2. The molecule has 24 valence electrons. The molecule has 3 nitrogen and oxygen atoms in total. The molecule has 0 saturated carbocycles. The summed E-state index contributed by atoms with van der Waals surface area (Å²) in [4.78, 5) is 8.96. The lowest BCUT2D eigenvalue weighted by Crippen LogP contribution is -1.81. The van der Waals surface area contributed by atoms with Crippen molar-refractivity contribution in [3.05, 3.63) is 0 Å². The van der Waals surface area contributed by atoms with Crippen LogP contribution in [0.2, 0.25) is 0 Å². The third-order valence-corrected chi connectivity index (χ3v) is 0. The highest BCUT2D eigenvalue weighted by Gasteiger charge is 1.70. The van der Waals surface area contributed by atoms with Crippen molar-refractivity contribution < 1.29 is 15.0 Å². The number of carbonyl (C=O) groups is 1. The first-order valence-corrected chi connectivity index (χ1v) is 0.632. The minimum Gasteiger partial charge on any atom is -0.450 e. The summed E-state index contributed by atoms with van der Waals surface area (Å²) in [5.41, 5.74) is 0. The SMILES string of the molecule is [2H]OC(=O)O. The summed E-state index contributed by atoms with van der Waals surface area (Å²) < 4.78 is 5.56. The fourth-order valence-corrected chi connectivity index (χ4v) is 0. The van der Waals surface area contributed by atoms with E-state index in [1.807, 2.05) is 0 Å². The van der Waals surface area contributed by atoms with Gasteiger partial charge in [0.15, 0.2) is 0 Å². The van der Waals surface area contributed by atoms with E-state index < -0.39 is 6.16 Å². The molecule has 0 amide bonds. The second kappa shape index (κ2) is 0.711. The Balaban J connectivity index is 2.85. The van der Waals surface area contributed by atoms with Gasteiger partial charge in [0.2, 0.25) is 0 Å². The lowest BCUT2D eigenvalue weighted by molar-refractivity contribution is 0.137. The monoisotopic (exact) mass is 63.0 g/mol. The minimum absolute atomic E-state index is 1.58. The maximum absolute atomic E-state index is 8.96. The molecule has 0 spiro atoms. The fraction of sp³-hybridized carbons (Fsp3) is 0. The summed E-state index contributed by atoms with van der Waals surface area (Å²) in [6.07, 6.45) is -1.58. The molecule has 0 atom stereocenters. The fourth-order valence-electron chi connectivity index (χ4n) is 0. The molecular weight excluding hydrogens is 60.0 g/mol.